The number of nitrogens with zero attached hydrogens (tertiary/aromatic N) is 4. The van der Waals surface area contributed by atoms with Crippen LogP contribution in [0, 0.1) is 6.92 Å². The van der Waals surface area contributed by atoms with Crippen molar-refractivity contribution >= 4 is 28.9 Å². The lowest BCUT2D eigenvalue weighted by Crippen LogP contribution is -2.33. The molecule has 1 aliphatic heterocycles. The fraction of sp³-hybridized carbons (Fsp3) is 0.214. The Morgan fingerprint density at radius 1 is 1.08 bits per heavy atom. The zero-order chi connectivity index (χ0) is 25.8. The molecule has 0 radical (unpaired) electrons. The Kier molecular flexibility index (Phi) is 7.14. The molecule has 188 valence electrons. The molecule has 2 unspecified atom stereocenters. The SMILES string of the molecule is COc1ccccc1NC(=O)CCN1C(=S)NC(c2ccccn2)C1c1cccn1-c1ccc(C)cn1. The van der Waals surface area contributed by atoms with Crippen molar-refractivity contribution in [2.75, 3.05) is 19.0 Å². The van der Waals surface area contributed by atoms with E-state index >= 15 is 0 Å². The molecule has 1 aliphatic rings. The van der Waals surface area contributed by atoms with E-state index in [1.54, 1.807) is 13.3 Å². The minimum absolute atomic E-state index is 0.122. The van der Waals surface area contributed by atoms with Crippen molar-refractivity contribution < 1.29 is 9.53 Å². The standard InChI is InChI=1S/C28H28N6O2S/c1-19-12-13-24(30-18-19)33-16-7-10-22(33)27-26(21-9-5-6-15-29-21)32-28(37)34(27)17-14-25(35)31-20-8-3-4-11-23(20)36-2/h3-13,15-16,18,26-27H,14,17H2,1-2H3,(H,31,35)(H,32,37). The Bertz CT molecular complexity index is 1390. The number of rotatable bonds is 8. The number of pyridine rings is 2. The Morgan fingerprint density at radius 3 is 2.68 bits per heavy atom. The number of amides is 1. The number of aryl methyl sites for hydroxylation is 1. The summed E-state index contributed by atoms with van der Waals surface area (Å²) in [7, 11) is 1.58. The molecule has 1 fully saturated rings. The number of anilines is 1. The normalized spacial score (nSPS) is 16.9. The minimum atomic E-state index is -0.195. The molecule has 8 nitrogen and oxygen atoms in total. The van der Waals surface area contributed by atoms with E-state index in [9.17, 15) is 4.79 Å². The highest BCUT2D eigenvalue weighted by atomic mass is 32.1. The molecule has 9 heteroatoms. The highest BCUT2D eigenvalue weighted by molar-refractivity contribution is 7.80. The van der Waals surface area contributed by atoms with Gasteiger partial charge in [0.2, 0.25) is 5.91 Å². The average Bonchev–Trinajstić information content (AvgIpc) is 3.53. The first-order valence-electron chi connectivity index (χ1n) is 12.1. The van der Waals surface area contributed by atoms with Gasteiger partial charge in [-0.2, -0.15) is 0 Å². The molecule has 0 aliphatic carbocycles. The van der Waals surface area contributed by atoms with Crippen molar-refractivity contribution in [1.29, 1.82) is 0 Å². The summed E-state index contributed by atoms with van der Waals surface area (Å²) >= 11 is 5.78. The Hall–Kier alpha value is -4.24. The van der Waals surface area contributed by atoms with Crippen molar-refractivity contribution in [3.63, 3.8) is 0 Å². The number of carbonyl (C=O) groups is 1. The van der Waals surface area contributed by atoms with Crippen LogP contribution < -0.4 is 15.4 Å². The number of carbonyl (C=O) groups excluding carboxylic acids is 1. The Morgan fingerprint density at radius 2 is 1.92 bits per heavy atom. The Balaban J connectivity index is 1.43. The van der Waals surface area contributed by atoms with Gasteiger partial charge in [0.25, 0.3) is 0 Å². The molecule has 0 saturated carbocycles. The molecular weight excluding hydrogens is 484 g/mol. The third-order valence-corrected chi connectivity index (χ3v) is 6.74. The lowest BCUT2D eigenvalue weighted by molar-refractivity contribution is -0.116. The quantitative estimate of drug-likeness (QED) is 0.334. The minimum Gasteiger partial charge on any atom is -0.495 e. The second-order valence-corrected chi connectivity index (χ2v) is 9.20. The van der Waals surface area contributed by atoms with E-state index in [-0.39, 0.29) is 24.4 Å². The molecule has 1 saturated heterocycles. The summed E-state index contributed by atoms with van der Waals surface area (Å²) in [5.41, 5.74) is 3.61. The largest absolute Gasteiger partial charge is 0.495 e. The van der Waals surface area contributed by atoms with Gasteiger partial charge in [0.05, 0.1) is 30.6 Å². The second kappa shape index (κ2) is 10.8. The maximum absolute atomic E-state index is 12.9. The summed E-state index contributed by atoms with van der Waals surface area (Å²) in [4.78, 5) is 24.2. The summed E-state index contributed by atoms with van der Waals surface area (Å²) in [5, 5.41) is 6.98. The number of thiocarbonyl (C=S) groups is 1. The average molecular weight is 513 g/mol. The lowest BCUT2D eigenvalue weighted by atomic mass is 10.0. The molecule has 5 rings (SSSR count). The van der Waals surface area contributed by atoms with Crippen LogP contribution in [0.4, 0.5) is 5.69 Å². The Labute approximate surface area is 221 Å². The number of hydrogen-bond acceptors (Lipinski definition) is 5. The van der Waals surface area contributed by atoms with Crippen LogP contribution in [0.15, 0.2) is 85.3 Å². The van der Waals surface area contributed by atoms with Crippen molar-refractivity contribution in [3.8, 4) is 11.6 Å². The van der Waals surface area contributed by atoms with Crippen LogP contribution in [0.3, 0.4) is 0 Å². The van der Waals surface area contributed by atoms with Gasteiger partial charge in [-0.25, -0.2) is 4.98 Å². The summed E-state index contributed by atoms with van der Waals surface area (Å²) in [6, 6.07) is 20.9. The van der Waals surface area contributed by atoms with Crippen LogP contribution in [-0.2, 0) is 4.79 Å². The first-order valence-corrected chi connectivity index (χ1v) is 12.5. The number of ether oxygens (including phenoxy) is 1. The van der Waals surface area contributed by atoms with Gasteiger partial charge in [-0.1, -0.05) is 24.3 Å². The zero-order valence-electron chi connectivity index (χ0n) is 20.7. The first-order chi connectivity index (χ1) is 18.0. The van der Waals surface area contributed by atoms with Gasteiger partial charge in [-0.15, -0.1) is 0 Å². The predicted molar refractivity (Wildman–Crippen MR) is 147 cm³/mol. The third-order valence-electron chi connectivity index (χ3n) is 6.38. The van der Waals surface area contributed by atoms with E-state index in [1.165, 1.54) is 0 Å². The molecule has 37 heavy (non-hydrogen) atoms. The molecule has 2 atom stereocenters. The number of para-hydroxylation sites is 2. The summed E-state index contributed by atoms with van der Waals surface area (Å²) in [6.45, 7) is 2.44. The van der Waals surface area contributed by atoms with Gasteiger partial charge in [0, 0.05) is 37.3 Å². The van der Waals surface area contributed by atoms with E-state index in [0.717, 1.165) is 22.8 Å². The zero-order valence-corrected chi connectivity index (χ0v) is 21.5. The van der Waals surface area contributed by atoms with E-state index in [1.807, 2.05) is 80.0 Å². The van der Waals surface area contributed by atoms with Crippen LogP contribution in [-0.4, -0.2) is 44.1 Å². The summed E-state index contributed by atoms with van der Waals surface area (Å²) in [5.74, 6) is 1.31. The lowest BCUT2D eigenvalue weighted by Gasteiger charge is -2.28. The van der Waals surface area contributed by atoms with Gasteiger partial charge in [-0.3, -0.25) is 9.78 Å². The predicted octanol–water partition coefficient (Wildman–Crippen LogP) is 4.59. The van der Waals surface area contributed by atoms with Crippen molar-refractivity contribution in [3.05, 3.63) is 102 Å². The van der Waals surface area contributed by atoms with E-state index < -0.39 is 0 Å². The summed E-state index contributed by atoms with van der Waals surface area (Å²) in [6.07, 6.45) is 5.87. The van der Waals surface area contributed by atoms with Crippen LogP contribution in [0.25, 0.3) is 5.82 Å². The molecule has 1 aromatic carbocycles. The van der Waals surface area contributed by atoms with E-state index in [0.29, 0.717) is 23.1 Å². The van der Waals surface area contributed by atoms with Crippen LogP contribution in [0.1, 0.15) is 35.5 Å². The second-order valence-electron chi connectivity index (χ2n) is 8.82. The number of hydrogen-bond donors (Lipinski definition) is 2. The van der Waals surface area contributed by atoms with Crippen LogP contribution in [0.5, 0.6) is 5.75 Å². The number of nitrogens with one attached hydrogen (secondary N) is 2. The molecule has 4 aromatic rings. The fourth-order valence-corrected chi connectivity index (χ4v) is 4.93. The smallest absolute Gasteiger partial charge is 0.226 e. The monoisotopic (exact) mass is 512 g/mol. The fourth-order valence-electron chi connectivity index (χ4n) is 4.60. The van der Waals surface area contributed by atoms with Crippen molar-refractivity contribution in [2.45, 2.75) is 25.4 Å². The van der Waals surface area contributed by atoms with Gasteiger partial charge < -0.3 is 24.8 Å². The molecule has 3 aromatic heterocycles. The number of benzene rings is 1. The maximum atomic E-state index is 12.9. The number of methoxy groups -OCH3 is 1. The molecular formula is C28H28N6O2S. The third kappa shape index (κ3) is 5.17. The molecule has 2 N–H and O–H groups in total. The molecule has 0 bridgehead atoms. The van der Waals surface area contributed by atoms with Gasteiger partial charge >= 0.3 is 0 Å². The van der Waals surface area contributed by atoms with Crippen LogP contribution >= 0.6 is 12.2 Å². The van der Waals surface area contributed by atoms with Crippen molar-refractivity contribution in [1.82, 2.24) is 24.8 Å². The van der Waals surface area contributed by atoms with Gasteiger partial charge in [-0.05, 0) is 67.2 Å². The van der Waals surface area contributed by atoms with Gasteiger partial charge in [0.15, 0.2) is 5.11 Å². The number of aromatic nitrogens is 3. The van der Waals surface area contributed by atoms with E-state index in [2.05, 4.69) is 36.1 Å². The van der Waals surface area contributed by atoms with Crippen molar-refractivity contribution in [2.24, 2.45) is 0 Å². The first kappa shape index (κ1) is 24.5. The molecule has 1 amide bonds. The van der Waals surface area contributed by atoms with E-state index in [4.69, 9.17) is 17.0 Å². The summed E-state index contributed by atoms with van der Waals surface area (Å²) < 4.78 is 7.43. The maximum Gasteiger partial charge on any atom is 0.226 e. The molecule has 0 spiro atoms. The topological polar surface area (TPSA) is 84.3 Å². The van der Waals surface area contributed by atoms with Crippen LogP contribution in [0.2, 0.25) is 0 Å². The highest BCUT2D eigenvalue weighted by Gasteiger charge is 2.41. The molecule has 4 heterocycles. The van der Waals surface area contributed by atoms with Gasteiger partial charge in [0.1, 0.15) is 11.6 Å². The highest BCUT2D eigenvalue weighted by Crippen LogP contribution is 2.39.